The molecule has 0 bridgehead atoms. The second-order valence-electron chi connectivity index (χ2n) is 10.7. The topological polar surface area (TPSA) is 101 Å². The highest BCUT2D eigenvalue weighted by Gasteiger charge is 2.56. The molecule has 0 spiro atoms. The van der Waals surface area contributed by atoms with Crippen molar-refractivity contribution in [2.24, 2.45) is 11.8 Å². The van der Waals surface area contributed by atoms with E-state index >= 15 is 0 Å². The third-order valence-corrected chi connectivity index (χ3v) is 10.5. The van der Waals surface area contributed by atoms with Crippen molar-refractivity contribution in [1.29, 1.82) is 0 Å². The zero-order chi connectivity index (χ0) is 28.6. The van der Waals surface area contributed by atoms with Gasteiger partial charge in [0.25, 0.3) is 0 Å². The number of methoxy groups -OCH3 is 1. The largest absolute Gasteiger partial charge is 0.417 e. The molecule has 2 aromatic rings. The molecule has 2 aromatic heterocycles. The third kappa shape index (κ3) is 6.31. The van der Waals surface area contributed by atoms with E-state index in [-0.39, 0.29) is 53.7 Å². The molecule has 4 rings (SSSR count). The molecule has 0 saturated heterocycles. The number of hydrogen-bond donors (Lipinski definition) is 1. The van der Waals surface area contributed by atoms with E-state index in [0.29, 0.717) is 36.8 Å². The van der Waals surface area contributed by atoms with Crippen LogP contribution < -0.4 is 5.32 Å². The summed E-state index contributed by atoms with van der Waals surface area (Å²) in [6.45, 7) is 7.09. The maximum absolute atomic E-state index is 13.6. The van der Waals surface area contributed by atoms with Gasteiger partial charge in [0.2, 0.25) is 5.91 Å². The summed E-state index contributed by atoms with van der Waals surface area (Å²) < 4.78 is 69.5. The fraction of sp³-hybridized carbons (Fsp3) is 0.654. The Labute approximate surface area is 231 Å². The minimum Gasteiger partial charge on any atom is -0.369 e. The number of anilines is 1. The second kappa shape index (κ2) is 11.4. The summed E-state index contributed by atoms with van der Waals surface area (Å²) in [5.74, 6) is 0.0604. The van der Waals surface area contributed by atoms with Crippen LogP contribution in [0.4, 0.5) is 18.3 Å². The van der Waals surface area contributed by atoms with Crippen LogP contribution in [0.5, 0.6) is 0 Å². The SMILES string of the molecule is CCS(=O)(=O)c1ccc(CC(=O)Nc2nc3c(s2)CN(C[C@H]2CC[C@](OC)(C(F)(F)F)CC2)C3C(C)C)nc1. The Balaban J connectivity index is 1.36. The minimum atomic E-state index is -4.37. The van der Waals surface area contributed by atoms with Crippen molar-refractivity contribution < 1.29 is 31.1 Å². The number of fused-ring (bicyclic) bond motifs is 1. The van der Waals surface area contributed by atoms with E-state index in [1.165, 1.54) is 29.7 Å². The van der Waals surface area contributed by atoms with E-state index in [1.807, 2.05) is 0 Å². The van der Waals surface area contributed by atoms with Gasteiger partial charge in [-0.05, 0) is 49.7 Å². The van der Waals surface area contributed by atoms with Gasteiger partial charge < -0.3 is 10.1 Å². The highest BCUT2D eigenvalue weighted by Crippen LogP contribution is 2.48. The van der Waals surface area contributed by atoms with Crippen LogP contribution in [-0.2, 0) is 32.3 Å². The molecule has 1 aliphatic carbocycles. The van der Waals surface area contributed by atoms with Crippen LogP contribution >= 0.6 is 11.3 Å². The molecule has 1 aliphatic heterocycles. The number of amides is 1. The molecule has 3 heterocycles. The number of pyridine rings is 1. The molecule has 39 heavy (non-hydrogen) atoms. The summed E-state index contributed by atoms with van der Waals surface area (Å²) >= 11 is 1.41. The number of rotatable bonds is 9. The molecule has 8 nitrogen and oxygen atoms in total. The predicted molar refractivity (Wildman–Crippen MR) is 142 cm³/mol. The smallest absolute Gasteiger partial charge is 0.369 e. The number of carbonyl (C=O) groups is 1. The van der Waals surface area contributed by atoms with Crippen molar-refractivity contribution >= 4 is 32.2 Å². The average molecular weight is 589 g/mol. The van der Waals surface area contributed by atoms with E-state index in [9.17, 15) is 26.4 Å². The molecule has 0 radical (unpaired) electrons. The Morgan fingerprint density at radius 2 is 1.97 bits per heavy atom. The van der Waals surface area contributed by atoms with E-state index < -0.39 is 21.6 Å². The Hall–Kier alpha value is -2.09. The highest BCUT2D eigenvalue weighted by atomic mass is 32.2. The maximum Gasteiger partial charge on any atom is 0.417 e. The lowest BCUT2D eigenvalue weighted by molar-refractivity contribution is -0.282. The van der Waals surface area contributed by atoms with Gasteiger partial charge in [-0.15, -0.1) is 11.3 Å². The van der Waals surface area contributed by atoms with Crippen molar-refractivity contribution in [3.63, 3.8) is 0 Å². The number of thiazole rings is 1. The fourth-order valence-corrected chi connectivity index (χ4v) is 7.45. The highest BCUT2D eigenvalue weighted by molar-refractivity contribution is 7.91. The first-order chi connectivity index (χ1) is 18.3. The van der Waals surface area contributed by atoms with Gasteiger partial charge in [-0.25, -0.2) is 13.4 Å². The number of alkyl halides is 3. The lowest BCUT2D eigenvalue weighted by Gasteiger charge is -2.41. The summed E-state index contributed by atoms with van der Waals surface area (Å²) in [5.41, 5.74) is -0.674. The van der Waals surface area contributed by atoms with E-state index in [4.69, 9.17) is 9.72 Å². The number of aromatic nitrogens is 2. The van der Waals surface area contributed by atoms with Crippen molar-refractivity contribution in [2.45, 2.75) is 82.1 Å². The van der Waals surface area contributed by atoms with Gasteiger partial charge in [0, 0.05) is 37.0 Å². The van der Waals surface area contributed by atoms with Gasteiger partial charge in [-0.1, -0.05) is 20.8 Å². The molecule has 1 N–H and O–H groups in total. The zero-order valence-corrected chi connectivity index (χ0v) is 24.2. The molecule has 1 saturated carbocycles. The predicted octanol–water partition coefficient (Wildman–Crippen LogP) is 5.16. The van der Waals surface area contributed by atoms with Gasteiger partial charge in [-0.3, -0.25) is 14.7 Å². The van der Waals surface area contributed by atoms with E-state index in [0.717, 1.165) is 17.7 Å². The number of hydrogen-bond acceptors (Lipinski definition) is 8. The number of nitrogens with zero attached hydrogens (tertiary/aromatic N) is 3. The standard InChI is InChI=1S/C26H35F3N4O4S2/c1-5-39(35,36)19-7-6-18(30-13-19)12-21(34)31-24-32-22-20(38-24)15-33(23(22)16(2)3)14-17-8-10-25(37-4,11-9-17)26(27,28)29/h6-7,13,16-17,23H,5,8-12,14-15H2,1-4H3,(H,31,32,34)/t17-,23?,25+. The van der Waals surface area contributed by atoms with Crippen LogP contribution in [0.2, 0.25) is 0 Å². The fourth-order valence-electron chi connectivity index (χ4n) is 5.59. The van der Waals surface area contributed by atoms with Crippen LogP contribution in [0.3, 0.4) is 0 Å². The van der Waals surface area contributed by atoms with Crippen LogP contribution in [0.15, 0.2) is 23.2 Å². The first-order valence-corrected chi connectivity index (χ1v) is 15.6. The summed E-state index contributed by atoms with van der Waals surface area (Å²) in [6, 6.07) is 3.01. The molecule has 1 unspecified atom stereocenters. The molecular weight excluding hydrogens is 553 g/mol. The normalized spacial score (nSPS) is 24.2. The van der Waals surface area contributed by atoms with E-state index in [2.05, 4.69) is 29.0 Å². The van der Waals surface area contributed by atoms with Crippen molar-refractivity contribution in [1.82, 2.24) is 14.9 Å². The Kier molecular flexibility index (Phi) is 8.75. The summed E-state index contributed by atoms with van der Waals surface area (Å²) in [7, 11) is -2.21. The summed E-state index contributed by atoms with van der Waals surface area (Å²) in [5, 5.41) is 3.33. The van der Waals surface area contributed by atoms with Gasteiger partial charge in [0.15, 0.2) is 20.6 Å². The first kappa shape index (κ1) is 29.9. The molecule has 13 heteroatoms. The molecular formula is C26H35F3N4O4S2. The van der Waals surface area contributed by atoms with Crippen LogP contribution in [0, 0.1) is 11.8 Å². The lowest BCUT2D eigenvalue weighted by Crippen LogP contribution is -2.50. The van der Waals surface area contributed by atoms with Gasteiger partial charge in [-0.2, -0.15) is 13.2 Å². The molecule has 2 aliphatic rings. The minimum absolute atomic E-state index is 0.0149. The molecule has 0 aromatic carbocycles. The van der Waals surface area contributed by atoms with E-state index in [1.54, 1.807) is 6.92 Å². The Morgan fingerprint density at radius 3 is 2.51 bits per heavy atom. The maximum atomic E-state index is 13.6. The van der Waals surface area contributed by atoms with Gasteiger partial charge in [0.1, 0.15) is 0 Å². The first-order valence-electron chi connectivity index (χ1n) is 13.1. The average Bonchev–Trinajstić information content (AvgIpc) is 3.40. The molecule has 216 valence electrons. The summed E-state index contributed by atoms with van der Waals surface area (Å²) in [4.78, 5) is 25.0. The number of nitrogens with one attached hydrogen (secondary N) is 1. The third-order valence-electron chi connectivity index (χ3n) is 7.82. The molecule has 1 atom stereocenters. The van der Waals surface area contributed by atoms with Crippen LogP contribution in [-0.4, -0.2) is 60.4 Å². The van der Waals surface area contributed by atoms with Gasteiger partial charge in [0.05, 0.1) is 28.8 Å². The van der Waals surface area contributed by atoms with Crippen LogP contribution in [0.1, 0.15) is 68.8 Å². The monoisotopic (exact) mass is 588 g/mol. The second-order valence-corrected chi connectivity index (χ2v) is 14.1. The Morgan fingerprint density at radius 1 is 1.28 bits per heavy atom. The Bertz CT molecular complexity index is 1270. The van der Waals surface area contributed by atoms with Crippen LogP contribution in [0.25, 0.3) is 0 Å². The lowest BCUT2D eigenvalue weighted by atomic mass is 9.78. The molecule has 1 amide bonds. The number of ether oxygens (including phenoxy) is 1. The number of carbonyl (C=O) groups excluding carboxylic acids is 1. The number of halogens is 3. The van der Waals surface area contributed by atoms with Gasteiger partial charge >= 0.3 is 6.18 Å². The molecule has 1 fully saturated rings. The van der Waals surface area contributed by atoms with Crippen molar-refractivity contribution in [3.8, 4) is 0 Å². The van der Waals surface area contributed by atoms with Crippen molar-refractivity contribution in [3.05, 3.63) is 34.6 Å². The number of sulfone groups is 1. The zero-order valence-electron chi connectivity index (χ0n) is 22.5. The van der Waals surface area contributed by atoms with Crippen molar-refractivity contribution in [2.75, 3.05) is 24.7 Å². The summed E-state index contributed by atoms with van der Waals surface area (Å²) in [6.07, 6.45) is -2.26. The quantitative estimate of drug-likeness (QED) is 0.432.